The van der Waals surface area contributed by atoms with Crippen molar-refractivity contribution in [2.45, 2.75) is 50.5 Å². The average Bonchev–Trinajstić information content (AvgIpc) is 3.22. The first-order valence-electron chi connectivity index (χ1n) is 10.8. The predicted octanol–water partition coefficient (Wildman–Crippen LogP) is -2.27. The summed E-state index contributed by atoms with van der Waals surface area (Å²) in [6, 6.07) is 1.37. The van der Waals surface area contributed by atoms with Crippen molar-refractivity contribution in [2.24, 2.45) is 0 Å². The molecule has 2 aliphatic rings. The third-order valence-electron chi connectivity index (χ3n) is 6.12. The van der Waals surface area contributed by atoms with Crippen LogP contribution in [0.1, 0.15) is 23.9 Å². The van der Waals surface area contributed by atoms with E-state index in [2.05, 4.69) is 9.97 Å². The Labute approximate surface area is 202 Å². The summed E-state index contributed by atoms with van der Waals surface area (Å²) in [5.74, 6) is 0.00376. The second kappa shape index (κ2) is 9.99. The molecule has 1 unspecified atom stereocenters. The van der Waals surface area contributed by atoms with Crippen LogP contribution in [0.3, 0.4) is 0 Å². The van der Waals surface area contributed by atoms with Crippen molar-refractivity contribution >= 4 is 13.6 Å². The molecule has 2 aromatic rings. The van der Waals surface area contributed by atoms with Gasteiger partial charge in [-0.25, -0.2) is 14.2 Å². The highest BCUT2D eigenvalue weighted by molar-refractivity contribution is 7.47. The predicted molar refractivity (Wildman–Crippen MR) is 120 cm³/mol. The number of aliphatic hydroxyl groups excluding tert-OH is 2. The molecule has 2 aliphatic heterocycles. The number of hydrogen-bond donors (Lipinski definition) is 5. The Kier molecular flexibility index (Phi) is 7.32. The maximum absolute atomic E-state index is 12.7. The fourth-order valence-electron chi connectivity index (χ4n) is 4.07. The Bertz CT molecular complexity index is 1360. The number of nitrogens with one attached hydrogen (secondary N) is 1. The van der Waals surface area contributed by atoms with Crippen molar-refractivity contribution < 1.29 is 38.2 Å². The standard InChI is InChI=1S/C19H26N5O11P/c1-10-11-5-19(7-26,32-9-24(11)18(29)22-16(10)27)8-33-36(30,31)35-12-4-15(34-13(12)6-25)23-3-2-14(20)21-17(23)28/h2-3,12-13,15,25-26H,4-9H2,1H3,(H,30,31)(H2,20,21,28)(H,22,27,29)/t12-,13+,15+,19-/m0/s1. The van der Waals surface area contributed by atoms with Crippen molar-refractivity contribution in [1.82, 2.24) is 19.1 Å². The fourth-order valence-corrected chi connectivity index (χ4v) is 5.09. The topological polar surface area (TPSA) is 230 Å². The monoisotopic (exact) mass is 531 g/mol. The van der Waals surface area contributed by atoms with Crippen LogP contribution in [0.25, 0.3) is 0 Å². The number of aromatic nitrogens is 4. The van der Waals surface area contributed by atoms with Crippen LogP contribution in [0, 0.1) is 6.92 Å². The molecule has 17 heteroatoms. The fraction of sp³-hybridized carbons (Fsp3) is 0.579. The summed E-state index contributed by atoms with van der Waals surface area (Å²) in [6.07, 6.45) is -2.07. The Balaban J connectivity index is 1.46. The molecule has 5 atom stereocenters. The number of phosphoric ester groups is 1. The normalized spacial score (nSPS) is 27.5. The number of anilines is 1. The number of H-pyrrole nitrogens is 1. The molecule has 198 valence electrons. The van der Waals surface area contributed by atoms with Crippen LogP contribution in [-0.4, -0.2) is 71.8 Å². The van der Waals surface area contributed by atoms with Crippen molar-refractivity contribution in [2.75, 3.05) is 25.6 Å². The van der Waals surface area contributed by atoms with Crippen LogP contribution in [0.5, 0.6) is 0 Å². The highest BCUT2D eigenvalue weighted by atomic mass is 31.2. The molecule has 0 aromatic carbocycles. The highest BCUT2D eigenvalue weighted by Gasteiger charge is 2.44. The van der Waals surface area contributed by atoms with Gasteiger partial charge in [0.2, 0.25) is 0 Å². The molecule has 0 amide bonds. The average molecular weight is 531 g/mol. The molecule has 0 spiro atoms. The van der Waals surface area contributed by atoms with E-state index in [-0.39, 0.29) is 36.6 Å². The summed E-state index contributed by atoms with van der Waals surface area (Å²) in [7, 11) is -4.81. The summed E-state index contributed by atoms with van der Waals surface area (Å²) in [4.78, 5) is 52.2. The first-order chi connectivity index (χ1) is 17.0. The zero-order chi connectivity index (χ0) is 26.3. The van der Waals surface area contributed by atoms with Crippen molar-refractivity contribution in [3.05, 3.63) is 54.8 Å². The third-order valence-corrected chi connectivity index (χ3v) is 7.12. The lowest BCUT2D eigenvalue weighted by atomic mass is 9.96. The molecule has 36 heavy (non-hydrogen) atoms. The lowest BCUT2D eigenvalue weighted by Gasteiger charge is -2.37. The SMILES string of the molecule is Cc1c2n(c(=O)[nH]c1=O)CO[C@@](CO)(COP(=O)(O)O[C@H]1C[C@H](n3ccc(N)nc3=O)O[C@@H]1CO)C2. The number of aliphatic hydroxyl groups is 2. The molecule has 4 heterocycles. The van der Waals surface area contributed by atoms with Crippen LogP contribution >= 0.6 is 7.82 Å². The first-order valence-corrected chi connectivity index (χ1v) is 12.3. The smallest absolute Gasteiger partial charge is 0.394 e. The first kappa shape index (κ1) is 26.4. The zero-order valence-corrected chi connectivity index (χ0v) is 20.0. The zero-order valence-electron chi connectivity index (χ0n) is 19.1. The summed E-state index contributed by atoms with van der Waals surface area (Å²) in [5, 5.41) is 19.6. The molecule has 1 saturated heterocycles. The van der Waals surface area contributed by atoms with Crippen LogP contribution in [0.2, 0.25) is 0 Å². The molecule has 6 N–H and O–H groups in total. The molecule has 0 saturated carbocycles. The summed E-state index contributed by atoms with van der Waals surface area (Å²) >= 11 is 0. The molecule has 0 bridgehead atoms. The van der Waals surface area contributed by atoms with Crippen LogP contribution < -0.4 is 22.7 Å². The van der Waals surface area contributed by atoms with E-state index in [1.54, 1.807) is 0 Å². The van der Waals surface area contributed by atoms with E-state index in [1.807, 2.05) is 0 Å². The van der Waals surface area contributed by atoms with E-state index in [9.17, 15) is 34.1 Å². The maximum atomic E-state index is 12.7. The Morgan fingerprint density at radius 1 is 1.36 bits per heavy atom. The lowest BCUT2D eigenvalue weighted by molar-refractivity contribution is -0.148. The minimum Gasteiger partial charge on any atom is -0.394 e. The van der Waals surface area contributed by atoms with Gasteiger partial charge in [0.25, 0.3) is 5.56 Å². The van der Waals surface area contributed by atoms with E-state index in [0.29, 0.717) is 0 Å². The number of ether oxygens (including phenoxy) is 2. The van der Waals surface area contributed by atoms with Crippen molar-refractivity contribution in [1.29, 1.82) is 0 Å². The lowest BCUT2D eigenvalue weighted by Crippen LogP contribution is -2.51. The second-order valence-electron chi connectivity index (χ2n) is 8.53. The number of nitrogens with two attached hydrogens (primary N) is 1. The van der Waals surface area contributed by atoms with Gasteiger partial charge < -0.3 is 30.3 Å². The van der Waals surface area contributed by atoms with Crippen molar-refractivity contribution in [3.8, 4) is 0 Å². The van der Waals surface area contributed by atoms with Crippen LogP contribution in [0.4, 0.5) is 5.82 Å². The largest absolute Gasteiger partial charge is 0.472 e. The van der Waals surface area contributed by atoms with Gasteiger partial charge in [-0.15, -0.1) is 0 Å². The van der Waals surface area contributed by atoms with Gasteiger partial charge in [0.15, 0.2) is 0 Å². The number of nitrogens with zero attached hydrogens (tertiary/aromatic N) is 3. The van der Waals surface area contributed by atoms with E-state index in [0.717, 1.165) is 4.57 Å². The van der Waals surface area contributed by atoms with Gasteiger partial charge in [0.1, 0.15) is 36.6 Å². The Morgan fingerprint density at radius 2 is 2.11 bits per heavy atom. The summed E-state index contributed by atoms with van der Waals surface area (Å²) < 4.78 is 36.5. The van der Waals surface area contributed by atoms with Gasteiger partial charge in [-0.2, -0.15) is 4.98 Å². The van der Waals surface area contributed by atoms with E-state index in [1.165, 1.54) is 23.8 Å². The second-order valence-corrected chi connectivity index (χ2v) is 9.93. The minimum atomic E-state index is -4.81. The van der Waals surface area contributed by atoms with Crippen molar-refractivity contribution in [3.63, 3.8) is 0 Å². The molecular formula is C19H26N5O11P. The number of rotatable bonds is 8. The van der Waals surface area contributed by atoms with Gasteiger partial charge >= 0.3 is 19.2 Å². The molecule has 0 aliphatic carbocycles. The van der Waals surface area contributed by atoms with Gasteiger partial charge in [-0.3, -0.25) is 28.0 Å². The van der Waals surface area contributed by atoms with Crippen LogP contribution in [0.15, 0.2) is 26.6 Å². The van der Waals surface area contributed by atoms with E-state index < -0.39 is 68.6 Å². The molecule has 2 aromatic heterocycles. The Morgan fingerprint density at radius 3 is 2.78 bits per heavy atom. The summed E-state index contributed by atoms with van der Waals surface area (Å²) in [6.45, 7) is -0.705. The third kappa shape index (κ3) is 5.21. The maximum Gasteiger partial charge on any atom is 0.472 e. The molecule has 1 fully saturated rings. The van der Waals surface area contributed by atoms with Gasteiger partial charge in [-0.05, 0) is 13.0 Å². The Hall–Kier alpha value is -2.69. The highest BCUT2D eigenvalue weighted by Crippen LogP contribution is 2.49. The van der Waals surface area contributed by atoms with E-state index >= 15 is 0 Å². The number of nitrogen functional groups attached to an aromatic ring is 1. The quantitative estimate of drug-likeness (QED) is 0.226. The molecular weight excluding hydrogens is 505 g/mol. The number of aromatic amines is 1. The molecule has 4 rings (SSSR count). The van der Waals surface area contributed by atoms with Gasteiger partial charge in [0.05, 0.1) is 19.8 Å². The number of fused-ring (bicyclic) bond motifs is 1. The van der Waals surface area contributed by atoms with Gasteiger partial charge in [0, 0.05) is 30.3 Å². The van der Waals surface area contributed by atoms with Gasteiger partial charge in [-0.1, -0.05) is 0 Å². The number of phosphoric acid groups is 1. The molecule has 0 radical (unpaired) electrons. The molecule has 16 nitrogen and oxygen atoms in total. The van der Waals surface area contributed by atoms with E-state index in [4.69, 9.17) is 24.3 Å². The summed E-state index contributed by atoms with van der Waals surface area (Å²) in [5.41, 5.74) is 2.45. The van der Waals surface area contributed by atoms with Crippen LogP contribution in [-0.2, 0) is 36.2 Å². The minimum absolute atomic E-state index is 0.00376. The number of hydrogen-bond acceptors (Lipinski definition) is 12.